The average Bonchev–Trinajstić information content (AvgIpc) is 2.76. The third-order valence-corrected chi connectivity index (χ3v) is 5.50. The van der Waals surface area contributed by atoms with Gasteiger partial charge in [0.1, 0.15) is 0 Å². The number of fused-ring (bicyclic) bond motifs is 1. The van der Waals surface area contributed by atoms with Crippen LogP contribution in [0.5, 0.6) is 0 Å². The van der Waals surface area contributed by atoms with Crippen LogP contribution in [0.25, 0.3) is 0 Å². The summed E-state index contributed by atoms with van der Waals surface area (Å²) < 4.78 is 35.5. The Balaban J connectivity index is 2.15. The van der Waals surface area contributed by atoms with Crippen LogP contribution in [0.1, 0.15) is 19.5 Å². The molecule has 2 rings (SSSR count). The summed E-state index contributed by atoms with van der Waals surface area (Å²) >= 11 is 0. The molecule has 0 saturated carbocycles. The number of nitrogens with zero attached hydrogens (tertiary/aromatic N) is 4. The van der Waals surface area contributed by atoms with Gasteiger partial charge in [-0.05, 0) is 5.92 Å². The van der Waals surface area contributed by atoms with Gasteiger partial charge in [0.25, 0.3) is 10.2 Å². The molecule has 126 valence electrons. The summed E-state index contributed by atoms with van der Waals surface area (Å²) in [5.41, 5.74) is 0.914. The number of rotatable bonds is 6. The van der Waals surface area contributed by atoms with E-state index < -0.39 is 10.2 Å². The predicted octanol–water partition coefficient (Wildman–Crippen LogP) is 0.794. The molecule has 0 aromatic carbocycles. The van der Waals surface area contributed by atoms with Crippen molar-refractivity contribution in [3.05, 3.63) is 18.2 Å². The lowest BCUT2D eigenvalue weighted by Crippen LogP contribution is -2.42. The van der Waals surface area contributed by atoms with Crippen LogP contribution in [0.3, 0.4) is 0 Å². The van der Waals surface area contributed by atoms with Gasteiger partial charge in [-0.1, -0.05) is 13.8 Å². The Morgan fingerprint density at radius 3 is 2.77 bits per heavy atom. The fraction of sp³-hybridized carbons (Fsp3) is 0.786. The largest absolute Gasteiger partial charge is 0.381 e. The van der Waals surface area contributed by atoms with E-state index in [2.05, 4.69) is 18.8 Å². The average molecular weight is 330 g/mol. The quantitative estimate of drug-likeness (QED) is 0.773. The first kappa shape index (κ1) is 17.4. The zero-order chi connectivity index (χ0) is 16.3. The van der Waals surface area contributed by atoms with Gasteiger partial charge in [-0.15, -0.1) is 0 Å². The van der Waals surface area contributed by atoms with E-state index in [1.807, 2.05) is 4.57 Å². The fourth-order valence-corrected chi connectivity index (χ4v) is 3.65. The van der Waals surface area contributed by atoms with Gasteiger partial charge in [0.2, 0.25) is 0 Å². The molecule has 0 spiro atoms. The van der Waals surface area contributed by atoms with Crippen LogP contribution in [-0.2, 0) is 28.0 Å². The van der Waals surface area contributed by atoms with Gasteiger partial charge >= 0.3 is 0 Å². The topological polar surface area (TPSA) is 67.7 Å². The fourth-order valence-electron chi connectivity index (χ4n) is 2.50. The van der Waals surface area contributed by atoms with E-state index in [1.165, 1.54) is 8.61 Å². The monoisotopic (exact) mass is 330 g/mol. The summed E-state index contributed by atoms with van der Waals surface area (Å²) in [5, 5.41) is 0. The van der Waals surface area contributed by atoms with E-state index in [9.17, 15) is 8.42 Å². The third kappa shape index (κ3) is 4.07. The van der Waals surface area contributed by atoms with Crippen LogP contribution >= 0.6 is 0 Å². The molecule has 0 radical (unpaired) electrons. The number of aromatic nitrogens is 2. The molecule has 0 amide bonds. The van der Waals surface area contributed by atoms with Crippen LogP contribution in [0, 0.1) is 11.8 Å². The minimum Gasteiger partial charge on any atom is -0.381 e. The van der Waals surface area contributed by atoms with E-state index in [4.69, 9.17) is 4.74 Å². The highest BCUT2D eigenvalue weighted by Gasteiger charge is 2.31. The number of hydrogen-bond donors (Lipinski definition) is 0. The predicted molar refractivity (Wildman–Crippen MR) is 84.4 cm³/mol. The van der Waals surface area contributed by atoms with Crippen molar-refractivity contribution >= 4 is 10.2 Å². The molecule has 0 aliphatic carbocycles. The Hall–Kier alpha value is -0.960. The van der Waals surface area contributed by atoms with Crippen molar-refractivity contribution in [2.75, 3.05) is 33.9 Å². The molecular formula is C14H26N4O3S. The van der Waals surface area contributed by atoms with Crippen LogP contribution < -0.4 is 0 Å². The van der Waals surface area contributed by atoms with Gasteiger partial charge in [-0.25, -0.2) is 4.98 Å². The Kier molecular flexibility index (Phi) is 5.60. The molecule has 0 N–H and O–H groups in total. The third-order valence-electron chi connectivity index (χ3n) is 3.65. The molecule has 22 heavy (non-hydrogen) atoms. The van der Waals surface area contributed by atoms with Gasteiger partial charge < -0.3 is 9.30 Å². The van der Waals surface area contributed by atoms with E-state index >= 15 is 0 Å². The second kappa shape index (κ2) is 7.08. The van der Waals surface area contributed by atoms with E-state index in [0.717, 1.165) is 12.2 Å². The maximum absolute atomic E-state index is 12.5. The first-order valence-electron chi connectivity index (χ1n) is 7.55. The summed E-state index contributed by atoms with van der Waals surface area (Å²) in [5.74, 6) is 0.583. The molecule has 0 unspecified atom stereocenters. The summed E-state index contributed by atoms with van der Waals surface area (Å²) in [6, 6.07) is 0. The van der Waals surface area contributed by atoms with E-state index in [-0.39, 0.29) is 5.92 Å². The van der Waals surface area contributed by atoms with Crippen molar-refractivity contribution in [1.82, 2.24) is 18.2 Å². The highest BCUT2D eigenvalue weighted by molar-refractivity contribution is 7.86. The van der Waals surface area contributed by atoms with Crippen LogP contribution in [0.4, 0.5) is 0 Å². The molecule has 8 heteroatoms. The van der Waals surface area contributed by atoms with Gasteiger partial charge in [-0.3, -0.25) is 0 Å². The summed E-state index contributed by atoms with van der Waals surface area (Å²) in [4.78, 5) is 4.14. The van der Waals surface area contributed by atoms with Crippen LogP contribution in [0.2, 0.25) is 0 Å². The van der Waals surface area contributed by atoms with Crippen molar-refractivity contribution < 1.29 is 13.2 Å². The standard InChI is InChI=1S/C14H26N4O3S/c1-12(2)9-21-10-13-6-17-11-15-5-14(17)8-18(7-13)22(19,20)16(3)4/h5,11-13H,6-10H2,1-4H3/t13-/m1/s1. The number of imidazole rings is 1. The van der Waals surface area contributed by atoms with Gasteiger partial charge in [0, 0.05) is 45.9 Å². The van der Waals surface area contributed by atoms with Crippen molar-refractivity contribution in [2.24, 2.45) is 11.8 Å². The van der Waals surface area contributed by atoms with Crippen molar-refractivity contribution in [3.63, 3.8) is 0 Å². The lowest BCUT2D eigenvalue weighted by molar-refractivity contribution is 0.0699. The van der Waals surface area contributed by atoms with E-state index in [1.54, 1.807) is 26.6 Å². The number of ether oxygens (including phenoxy) is 1. The van der Waals surface area contributed by atoms with Gasteiger partial charge in [-0.2, -0.15) is 17.0 Å². The number of hydrogen-bond acceptors (Lipinski definition) is 4. The van der Waals surface area contributed by atoms with Gasteiger partial charge in [0.15, 0.2) is 0 Å². The Bertz CT molecular complexity index is 583. The Morgan fingerprint density at radius 2 is 2.14 bits per heavy atom. The molecule has 1 atom stereocenters. The maximum atomic E-state index is 12.5. The first-order chi connectivity index (χ1) is 10.3. The molecule has 1 aliphatic rings. The first-order valence-corrected chi connectivity index (χ1v) is 8.94. The molecule has 1 aliphatic heterocycles. The minimum atomic E-state index is -3.45. The molecule has 0 bridgehead atoms. The molecular weight excluding hydrogens is 304 g/mol. The summed E-state index contributed by atoms with van der Waals surface area (Å²) in [7, 11) is -0.334. The Morgan fingerprint density at radius 1 is 1.41 bits per heavy atom. The second-order valence-corrected chi connectivity index (χ2v) is 8.56. The van der Waals surface area contributed by atoms with Crippen molar-refractivity contribution in [3.8, 4) is 0 Å². The van der Waals surface area contributed by atoms with Crippen LogP contribution in [-0.4, -0.2) is 60.4 Å². The highest BCUT2D eigenvalue weighted by atomic mass is 32.2. The van der Waals surface area contributed by atoms with Crippen molar-refractivity contribution in [2.45, 2.75) is 26.9 Å². The van der Waals surface area contributed by atoms with E-state index in [0.29, 0.717) is 32.2 Å². The smallest absolute Gasteiger partial charge is 0.281 e. The highest BCUT2D eigenvalue weighted by Crippen LogP contribution is 2.20. The Labute approximate surface area is 133 Å². The zero-order valence-corrected chi connectivity index (χ0v) is 14.6. The molecule has 0 saturated heterocycles. The molecule has 0 fully saturated rings. The molecule has 1 aromatic heterocycles. The SMILES string of the molecule is CC(C)COC[C@H]1CN(S(=O)(=O)N(C)C)Cc2cncn2C1. The lowest BCUT2D eigenvalue weighted by Gasteiger charge is -2.26. The van der Waals surface area contributed by atoms with Gasteiger partial charge in [0.05, 0.1) is 25.2 Å². The molecule has 7 nitrogen and oxygen atoms in total. The summed E-state index contributed by atoms with van der Waals surface area (Å²) in [6.07, 6.45) is 3.49. The van der Waals surface area contributed by atoms with Crippen LogP contribution in [0.15, 0.2) is 12.5 Å². The summed E-state index contributed by atoms with van der Waals surface area (Å²) in [6.45, 7) is 6.98. The lowest BCUT2D eigenvalue weighted by atomic mass is 10.1. The van der Waals surface area contributed by atoms with Crippen molar-refractivity contribution in [1.29, 1.82) is 0 Å². The molecule has 2 heterocycles. The maximum Gasteiger partial charge on any atom is 0.281 e. The minimum absolute atomic E-state index is 0.115. The molecule has 1 aromatic rings. The second-order valence-electron chi connectivity index (χ2n) is 6.42. The zero-order valence-electron chi connectivity index (χ0n) is 13.8. The normalized spacial score (nSPS) is 20.4.